The topological polar surface area (TPSA) is 40.5 Å². The van der Waals surface area contributed by atoms with Gasteiger partial charge in [0.25, 0.3) is 5.56 Å². The molecule has 0 radical (unpaired) electrons. The molecule has 0 atom stereocenters. The number of benzene rings is 3. The maximum atomic E-state index is 13.0. The highest BCUT2D eigenvalue weighted by molar-refractivity contribution is 5.95. The van der Waals surface area contributed by atoms with Crippen molar-refractivity contribution in [2.45, 2.75) is 6.54 Å². The Morgan fingerprint density at radius 1 is 0.786 bits per heavy atom. The second-order valence-electron chi connectivity index (χ2n) is 6.58. The summed E-state index contributed by atoms with van der Waals surface area (Å²) in [7, 11) is 3.29. The largest absolute Gasteiger partial charge is 0.497 e. The van der Waals surface area contributed by atoms with Crippen LogP contribution in [0.2, 0.25) is 0 Å². The van der Waals surface area contributed by atoms with Crippen LogP contribution in [0, 0.1) is 0 Å². The van der Waals surface area contributed by atoms with Crippen LogP contribution in [-0.4, -0.2) is 18.8 Å². The van der Waals surface area contributed by atoms with Gasteiger partial charge in [-0.2, -0.15) is 0 Å². The Hall–Kier alpha value is -3.53. The number of nitrogens with zero attached hydrogens (tertiary/aromatic N) is 1. The van der Waals surface area contributed by atoms with Gasteiger partial charge in [0.1, 0.15) is 11.5 Å². The van der Waals surface area contributed by atoms with E-state index in [9.17, 15) is 4.79 Å². The van der Waals surface area contributed by atoms with Crippen molar-refractivity contribution in [3.05, 3.63) is 94.8 Å². The summed E-state index contributed by atoms with van der Waals surface area (Å²) in [6.07, 6.45) is 0. The first kappa shape index (κ1) is 17.9. The van der Waals surface area contributed by atoms with Gasteiger partial charge in [0.2, 0.25) is 0 Å². The fourth-order valence-electron chi connectivity index (χ4n) is 3.43. The summed E-state index contributed by atoms with van der Waals surface area (Å²) in [4.78, 5) is 13.0. The average molecular weight is 371 g/mol. The van der Waals surface area contributed by atoms with E-state index in [0.29, 0.717) is 6.54 Å². The third-order valence-corrected chi connectivity index (χ3v) is 4.90. The van der Waals surface area contributed by atoms with Crippen LogP contribution in [0.1, 0.15) is 5.56 Å². The van der Waals surface area contributed by atoms with E-state index in [4.69, 9.17) is 9.47 Å². The summed E-state index contributed by atoms with van der Waals surface area (Å²) in [5, 5.41) is 0.972. The Balaban J connectivity index is 1.93. The minimum atomic E-state index is -0.0349. The molecule has 0 aliphatic carbocycles. The zero-order valence-electron chi connectivity index (χ0n) is 15.9. The molecule has 4 aromatic rings. The molecule has 0 spiro atoms. The fraction of sp³-hybridized carbons (Fsp3) is 0.125. The van der Waals surface area contributed by atoms with Gasteiger partial charge in [-0.05, 0) is 47.0 Å². The molecule has 0 unspecified atom stereocenters. The highest BCUT2D eigenvalue weighted by Gasteiger charge is 2.12. The zero-order chi connectivity index (χ0) is 19.5. The molecule has 0 aliphatic rings. The molecule has 1 heterocycles. The van der Waals surface area contributed by atoms with Crippen molar-refractivity contribution in [2.75, 3.05) is 14.2 Å². The molecule has 1 aromatic heterocycles. The first-order valence-electron chi connectivity index (χ1n) is 9.09. The Morgan fingerprint density at radius 3 is 2.14 bits per heavy atom. The van der Waals surface area contributed by atoms with Crippen molar-refractivity contribution in [1.82, 2.24) is 4.57 Å². The van der Waals surface area contributed by atoms with Gasteiger partial charge in [0.15, 0.2) is 0 Å². The molecule has 0 aliphatic heterocycles. The lowest BCUT2D eigenvalue weighted by atomic mass is 10.0. The molecule has 0 saturated heterocycles. The van der Waals surface area contributed by atoms with Crippen LogP contribution in [0.5, 0.6) is 11.5 Å². The van der Waals surface area contributed by atoms with Gasteiger partial charge >= 0.3 is 0 Å². The molecule has 3 aromatic carbocycles. The summed E-state index contributed by atoms with van der Waals surface area (Å²) in [5.41, 5.74) is 3.77. The molecule has 0 amide bonds. The summed E-state index contributed by atoms with van der Waals surface area (Å²) < 4.78 is 12.5. The van der Waals surface area contributed by atoms with Crippen molar-refractivity contribution in [2.24, 2.45) is 0 Å². The smallest absolute Gasteiger partial charge is 0.251 e. The van der Waals surface area contributed by atoms with E-state index in [1.54, 1.807) is 24.9 Å². The normalized spacial score (nSPS) is 10.8. The summed E-state index contributed by atoms with van der Waals surface area (Å²) in [6.45, 7) is 0.519. The molecule has 140 valence electrons. The number of hydrogen-bond acceptors (Lipinski definition) is 3. The molecule has 0 saturated carbocycles. The molecule has 0 fully saturated rings. The number of aromatic nitrogens is 1. The van der Waals surface area contributed by atoms with E-state index in [-0.39, 0.29) is 5.56 Å². The van der Waals surface area contributed by atoms with E-state index >= 15 is 0 Å². The highest BCUT2D eigenvalue weighted by Crippen LogP contribution is 2.31. The molecule has 28 heavy (non-hydrogen) atoms. The van der Waals surface area contributed by atoms with Gasteiger partial charge in [-0.3, -0.25) is 4.79 Å². The zero-order valence-corrected chi connectivity index (χ0v) is 15.9. The average Bonchev–Trinajstić information content (AvgIpc) is 2.76. The van der Waals surface area contributed by atoms with Gasteiger partial charge in [-0.25, -0.2) is 0 Å². The van der Waals surface area contributed by atoms with Crippen molar-refractivity contribution < 1.29 is 9.47 Å². The number of fused-ring (bicyclic) bond motifs is 1. The molecule has 4 heteroatoms. The first-order chi connectivity index (χ1) is 13.7. The van der Waals surface area contributed by atoms with Crippen molar-refractivity contribution in [3.63, 3.8) is 0 Å². The fourth-order valence-corrected chi connectivity index (χ4v) is 3.43. The quantitative estimate of drug-likeness (QED) is 0.509. The number of pyridine rings is 1. The third-order valence-electron chi connectivity index (χ3n) is 4.90. The lowest BCUT2D eigenvalue weighted by molar-refractivity contribution is 0.415. The second-order valence-corrected chi connectivity index (χ2v) is 6.58. The second kappa shape index (κ2) is 7.61. The third kappa shape index (κ3) is 3.37. The predicted molar refractivity (Wildman–Crippen MR) is 112 cm³/mol. The van der Waals surface area contributed by atoms with Crippen molar-refractivity contribution >= 4 is 10.9 Å². The molecule has 4 rings (SSSR count). The van der Waals surface area contributed by atoms with E-state index in [2.05, 4.69) is 0 Å². The van der Waals surface area contributed by atoms with Crippen LogP contribution >= 0.6 is 0 Å². The van der Waals surface area contributed by atoms with E-state index in [1.807, 2.05) is 72.8 Å². The predicted octanol–water partition coefficient (Wildman–Crippen LogP) is 4.73. The Kier molecular flexibility index (Phi) is 4.85. The van der Waals surface area contributed by atoms with Crippen LogP contribution in [0.3, 0.4) is 0 Å². The standard InChI is InChI=1S/C24H21NO3/c1-27-19-10-8-18(9-11-19)21-15-24(26)25(16-17-6-4-3-5-7-17)23-13-12-20(28-2)14-22(21)23/h3-15H,16H2,1-2H3. The Bertz CT molecular complexity index is 1160. The Morgan fingerprint density at radius 2 is 1.46 bits per heavy atom. The monoisotopic (exact) mass is 371 g/mol. The summed E-state index contributed by atoms with van der Waals surface area (Å²) in [6, 6.07) is 25.2. The van der Waals surface area contributed by atoms with E-state index < -0.39 is 0 Å². The van der Waals surface area contributed by atoms with E-state index in [1.165, 1.54) is 0 Å². The number of rotatable bonds is 5. The van der Waals surface area contributed by atoms with Gasteiger partial charge in [-0.15, -0.1) is 0 Å². The number of methoxy groups -OCH3 is 2. The first-order valence-corrected chi connectivity index (χ1v) is 9.09. The van der Waals surface area contributed by atoms with Crippen molar-refractivity contribution in [3.8, 4) is 22.6 Å². The number of hydrogen-bond donors (Lipinski definition) is 0. The SMILES string of the molecule is COc1ccc(-c2cc(=O)n(Cc3ccccc3)c3ccc(OC)cc23)cc1. The molecule has 4 nitrogen and oxygen atoms in total. The molecular formula is C24H21NO3. The number of ether oxygens (including phenoxy) is 2. The molecule has 0 N–H and O–H groups in total. The van der Waals surface area contributed by atoms with Crippen molar-refractivity contribution in [1.29, 1.82) is 0 Å². The maximum Gasteiger partial charge on any atom is 0.251 e. The summed E-state index contributed by atoms with van der Waals surface area (Å²) >= 11 is 0. The minimum Gasteiger partial charge on any atom is -0.497 e. The lowest BCUT2D eigenvalue weighted by Crippen LogP contribution is -2.20. The van der Waals surface area contributed by atoms with Gasteiger partial charge in [0, 0.05) is 11.5 Å². The van der Waals surface area contributed by atoms with Crippen LogP contribution in [-0.2, 0) is 6.54 Å². The lowest BCUT2D eigenvalue weighted by Gasteiger charge is -2.15. The summed E-state index contributed by atoms with van der Waals surface area (Å²) in [5.74, 6) is 1.54. The van der Waals surface area contributed by atoms with Gasteiger partial charge in [0.05, 0.1) is 26.3 Å². The van der Waals surface area contributed by atoms with Crippen LogP contribution in [0.15, 0.2) is 83.7 Å². The highest BCUT2D eigenvalue weighted by atomic mass is 16.5. The van der Waals surface area contributed by atoms with Crippen LogP contribution < -0.4 is 15.0 Å². The van der Waals surface area contributed by atoms with E-state index in [0.717, 1.165) is 39.1 Å². The molecular weight excluding hydrogens is 350 g/mol. The van der Waals surface area contributed by atoms with Crippen LogP contribution in [0.25, 0.3) is 22.0 Å². The Labute approximate surface area is 163 Å². The molecule has 0 bridgehead atoms. The van der Waals surface area contributed by atoms with Crippen LogP contribution in [0.4, 0.5) is 0 Å². The minimum absolute atomic E-state index is 0.0349. The van der Waals surface area contributed by atoms with Gasteiger partial charge in [-0.1, -0.05) is 42.5 Å². The van der Waals surface area contributed by atoms with Gasteiger partial charge < -0.3 is 14.0 Å². The maximum absolute atomic E-state index is 13.0.